The van der Waals surface area contributed by atoms with Gasteiger partial charge in [0.25, 0.3) is 0 Å². The Hall–Kier alpha value is -2.68. The molecule has 6 heteroatoms. The van der Waals surface area contributed by atoms with Crippen molar-refractivity contribution >= 4 is 16.9 Å². The first-order chi connectivity index (χ1) is 11.5. The van der Waals surface area contributed by atoms with Gasteiger partial charge >= 0.3 is 5.97 Å². The molecule has 0 atom stereocenters. The van der Waals surface area contributed by atoms with Gasteiger partial charge in [0.05, 0.1) is 23.1 Å². The van der Waals surface area contributed by atoms with Gasteiger partial charge in [-0.1, -0.05) is 5.92 Å². The van der Waals surface area contributed by atoms with Crippen molar-refractivity contribution in [2.24, 2.45) is 0 Å². The quantitative estimate of drug-likeness (QED) is 0.641. The van der Waals surface area contributed by atoms with Crippen molar-refractivity contribution in [3.8, 4) is 11.8 Å². The van der Waals surface area contributed by atoms with E-state index >= 15 is 0 Å². The van der Waals surface area contributed by atoms with Crippen LogP contribution >= 0.6 is 0 Å². The molecule has 1 saturated carbocycles. The molecular formula is C18H15F2NO3. The Kier molecular flexibility index (Phi) is 4.10. The van der Waals surface area contributed by atoms with Crippen molar-refractivity contribution in [3.05, 3.63) is 45.2 Å². The summed E-state index contributed by atoms with van der Waals surface area (Å²) in [5.74, 6) is 2.06. The standard InChI is InChI=1S/C18H15F2NO3/c1-3-5-11-15(20)14(19)8-12-16(11)21(10-6-7-10)9-13(17(12)22)18(23)24-4-2/h8-10H,4,6-7H2,1-2H3. The predicted molar refractivity (Wildman–Crippen MR) is 84.9 cm³/mol. The normalized spacial score (nSPS) is 13.5. The number of ether oxygens (including phenoxy) is 1. The molecule has 1 aliphatic rings. The topological polar surface area (TPSA) is 48.3 Å². The summed E-state index contributed by atoms with van der Waals surface area (Å²) in [6.45, 7) is 3.25. The van der Waals surface area contributed by atoms with Crippen LogP contribution in [0.3, 0.4) is 0 Å². The van der Waals surface area contributed by atoms with E-state index in [0.29, 0.717) is 0 Å². The van der Waals surface area contributed by atoms with Gasteiger partial charge in [-0.25, -0.2) is 13.6 Å². The Bertz CT molecular complexity index is 962. The van der Waals surface area contributed by atoms with E-state index in [4.69, 9.17) is 4.74 Å². The van der Waals surface area contributed by atoms with Gasteiger partial charge in [0, 0.05) is 12.2 Å². The number of carbonyl (C=O) groups is 1. The van der Waals surface area contributed by atoms with Crippen LogP contribution < -0.4 is 5.43 Å². The highest BCUT2D eigenvalue weighted by Gasteiger charge is 2.29. The number of carbonyl (C=O) groups excluding carboxylic acids is 1. The van der Waals surface area contributed by atoms with Crippen LogP contribution in [0.25, 0.3) is 10.9 Å². The Morgan fingerprint density at radius 3 is 2.71 bits per heavy atom. The summed E-state index contributed by atoms with van der Waals surface area (Å²) in [4.78, 5) is 24.6. The van der Waals surface area contributed by atoms with Gasteiger partial charge in [-0.2, -0.15) is 0 Å². The van der Waals surface area contributed by atoms with E-state index in [9.17, 15) is 18.4 Å². The van der Waals surface area contributed by atoms with Crippen LogP contribution in [-0.4, -0.2) is 17.1 Å². The van der Waals surface area contributed by atoms with Gasteiger partial charge in [-0.05, 0) is 32.8 Å². The van der Waals surface area contributed by atoms with E-state index in [2.05, 4.69) is 11.8 Å². The number of hydrogen-bond acceptors (Lipinski definition) is 3. The third-order valence-corrected chi connectivity index (χ3v) is 3.89. The lowest BCUT2D eigenvalue weighted by Gasteiger charge is -2.14. The fourth-order valence-corrected chi connectivity index (χ4v) is 2.70. The molecule has 24 heavy (non-hydrogen) atoms. The predicted octanol–water partition coefficient (Wildman–Crippen LogP) is 3.16. The van der Waals surface area contributed by atoms with E-state index < -0.39 is 23.0 Å². The molecule has 0 radical (unpaired) electrons. The Morgan fingerprint density at radius 2 is 2.12 bits per heavy atom. The van der Waals surface area contributed by atoms with E-state index in [1.54, 1.807) is 11.5 Å². The summed E-state index contributed by atoms with van der Waals surface area (Å²) in [5, 5.41) is -0.0656. The number of esters is 1. The highest BCUT2D eigenvalue weighted by Crippen LogP contribution is 2.38. The van der Waals surface area contributed by atoms with E-state index in [-0.39, 0.29) is 34.7 Å². The zero-order valence-corrected chi connectivity index (χ0v) is 13.3. The average Bonchev–Trinajstić information content (AvgIpc) is 3.38. The first-order valence-electron chi connectivity index (χ1n) is 7.66. The van der Waals surface area contributed by atoms with Gasteiger partial charge in [0.2, 0.25) is 5.43 Å². The Morgan fingerprint density at radius 1 is 1.42 bits per heavy atom. The maximum Gasteiger partial charge on any atom is 0.343 e. The molecule has 0 bridgehead atoms. The smallest absolute Gasteiger partial charge is 0.343 e. The van der Waals surface area contributed by atoms with Gasteiger partial charge in [0.15, 0.2) is 11.6 Å². The number of halogens is 2. The zero-order chi connectivity index (χ0) is 17.4. The van der Waals surface area contributed by atoms with Crippen LogP contribution in [0.4, 0.5) is 8.78 Å². The highest BCUT2D eigenvalue weighted by molar-refractivity contribution is 5.95. The molecule has 1 aromatic carbocycles. The molecule has 1 aliphatic carbocycles. The summed E-state index contributed by atoms with van der Waals surface area (Å²) in [5.41, 5.74) is -0.799. The second-order valence-corrected chi connectivity index (χ2v) is 5.55. The lowest BCUT2D eigenvalue weighted by Crippen LogP contribution is -2.22. The van der Waals surface area contributed by atoms with Gasteiger partial charge in [0.1, 0.15) is 5.56 Å². The molecule has 3 rings (SSSR count). The van der Waals surface area contributed by atoms with E-state index in [1.807, 2.05) is 0 Å². The lowest BCUT2D eigenvalue weighted by atomic mass is 10.1. The molecule has 0 saturated heterocycles. The van der Waals surface area contributed by atoms with Crippen molar-refractivity contribution in [3.63, 3.8) is 0 Å². The van der Waals surface area contributed by atoms with Gasteiger partial charge in [-0.15, -0.1) is 5.92 Å². The monoisotopic (exact) mass is 331 g/mol. The number of pyridine rings is 1. The van der Waals surface area contributed by atoms with E-state index in [0.717, 1.165) is 18.9 Å². The molecule has 124 valence electrons. The summed E-state index contributed by atoms with van der Waals surface area (Å²) < 4.78 is 34.7. The van der Waals surface area contributed by atoms with Gasteiger partial charge in [-0.3, -0.25) is 4.79 Å². The summed E-state index contributed by atoms with van der Waals surface area (Å²) in [6, 6.07) is 0.860. The largest absolute Gasteiger partial charge is 0.462 e. The van der Waals surface area contributed by atoms with Crippen LogP contribution in [0, 0.1) is 23.5 Å². The minimum atomic E-state index is -1.17. The highest BCUT2D eigenvalue weighted by atomic mass is 19.2. The minimum absolute atomic E-state index is 0.0311. The second-order valence-electron chi connectivity index (χ2n) is 5.55. The lowest BCUT2D eigenvalue weighted by molar-refractivity contribution is 0.0524. The van der Waals surface area contributed by atoms with Crippen LogP contribution in [0.5, 0.6) is 0 Å². The first-order valence-corrected chi connectivity index (χ1v) is 7.66. The van der Waals surface area contributed by atoms with Crippen molar-refractivity contribution < 1.29 is 18.3 Å². The Labute approximate surface area is 137 Å². The molecule has 0 spiro atoms. The number of nitrogens with zero attached hydrogens (tertiary/aromatic N) is 1. The molecule has 1 fully saturated rings. The number of rotatable bonds is 3. The summed E-state index contributed by atoms with van der Waals surface area (Å²) in [6.07, 6.45) is 3.04. The second kappa shape index (κ2) is 6.08. The van der Waals surface area contributed by atoms with Crippen molar-refractivity contribution in [2.75, 3.05) is 6.61 Å². The minimum Gasteiger partial charge on any atom is -0.462 e. The third-order valence-electron chi connectivity index (χ3n) is 3.89. The number of aromatic nitrogens is 1. The van der Waals surface area contributed by atoms with Crippen LogP contribution in [0.15, 0.2) is 17.1 Å². The fraction of sp³-hybridized carbons (Fsp3) is 0.333. The van der Waals surface area contributed by atoms with E-state index in [1.165, 1.54) is 13.1 Å². The van der Waals surface area contributed by atoms with Crippen molar-refractivity contribution in [1.82, 2.24) is 4.57 Å². The first kappa shape index (κ1) is 16.2. The average molecular weight is 331 g/mol. The SMILES string of the molecule is CC#Cc1c(F)c(F)cc2c(=O)c(C(=O)OCC)cn(C3CC3)c12. The van der Waals surface area contributed by atoms with Crippen molar-refractivity contribution in [1.29, 1.82) is 0 Å². The number of fused-ring (bicyclic) bond motifs is 1. The molecule has 1 heterocycles. The summed E-state index contributed by atoms with van der Waals surface area (Å²) in [7, 11) is 0. The molecule has 0 aliphatic heterocycles. The number of benzene rings is 1. The molecular weight excluding hydrogens is 316 g/mol. The molecule has 4 nitrogen and oxygen atoms in total. The van der Waals surface area contributed by atoms with Crippen LogP contribution in [-0.2, 0) is 4.74 Å². The van der Waals surface area contributed by atoms with Crippen LogP contribution in [0.1, 0.15) is 48.7 Å². The molecule has 0 amide bonds. The van der Waals surface area contributed by atoms with Crippen LogP contribution in [0.2, 0.25) is 0 Å². The summed E-state index contributed by atoms with van der Waals surface area (Å²) >= 11 is 0. The molecule has 0 N–H and O–H groups in total. The molecule has 1 aromatic heterocycles. The maximum atomic E-state index is 14.2. The maximum absolute atomic E-state index is 14.2. The molecule has 2 aromatic rings. The third kappa shape index (κ3) is 2.56. The Balaban J connectivity index is 2.44. The van der Waals surface area contributed by atoms with Gasteiger partial charge < -0.3 is 9.30 Å². The number of hydrogen-bond donors (Lipinski definition) is 0. The zero-order valence-electron chi connectivity index (χ0n) is 13.3. The fourth-order valence-electron chi connectivity index (χ4n) is 2.70. The van der Waals surface area contributed by atoms with Crippen molar-refractivity contribution in [2.45, 2.75) is 32.7 Å². The molecule has 0 unspecified atom stereocenters.